The lowest BCUT2D eigenvalue weighted by molar-refractivity contribution is -0.134. The predicted molar refractivity (Wildman–Crippen MR) is 70.6 cm³/mol. The van der Waals surface area contributed by atoms with Gasteiger partial charge in [0.15, 0.2) is 5.78 Å². The maximum atomic E-state index is 11.9. The third-order valence-corrected chi connectivity index (χ3v) is 3.46. The Bertz CT molecular complexity index is 432. The van der Waals surface area contributed by atoms with E-state index in [1.807, 2.05) is 29.2 Å². The zero-order valence-corrected chi connectivity index (χ0v) is 10.8. The van der Waals surface area contributed by atoms with Gasteiger partial charge in [-0.3, -0.25) is 9.59 Å². The number of nitrogens with zero attached hydrogens (tertiary/aromatic N) is 1. The van der Waals surface area contributed by atoms with E-state index < -0.39 is 0 Å². The second-order valence-corrected chi connectivity index (χ2v) is 4.71. The van der Waals surface area contributed by atoms with Crippen LogP contribution in [-0.4, -0.2) is 29.7 Å². The minimum atomic E-state index is 0.0616. The molecule has 0 radical (unpaired) electrons. The first-order valence-electron chi connectivity index (χ1n) is 6.60. The van der Waals surface area contributed by atoms with Gasteiger partial charge in [0.1, 0.15) is 0 Å². The molecule has 0 saturated carbocycles. The summed E-state index contributed by atoms with van der Waals surface area (Å²) in [4.78, 5) is 25.4. The van der Waals surface area contributed by atoms with Gasteiger partial charge in [-0.05, 0) is 18.4 Å². The lowest BCUT2D eigenvalue weighted by atomic mass is 10.0. The van der Waals surface area contributed by atoms with Crippen molar-refractivity contribution in [1.29, 1.82) is 0 Å². The first-order chi connectivity index (χ1) is 8.70. The van der Waals surface area contributed by atoms with Gasteiger partial charge in [0.2, 0.25) is 5.91 Å². The predicted octanol–water partition coefficient (Wildman–Crippen LogP) is 2.44. The summed E-state index contributed by atoms with van der Waals surface area (Å²) in [5.41, 5.74) is 1.94. The summed E-state index contributed by atoms with van der Waals surface area (Å²) in [6.45, 7) is 3.80. The van der Waals surface area contributed by atoms with E-state index in [-0.39, 0.29) is 11.7 Å². The third kappa shape index (κ3) is 2.97. The van der Waals surface area contributed by atoms with Crippen LogP contribution in [0.1, 0.15) is 42.1 Å². The highest BCUT2D eigenvalue weighted by molar-refractivity contribution is 5.98. The smallest absolute Gasteiger partial charge is 0.223 e. The van der Waals surface area contributed by atoms with E-state index in [1.165, 1.54) is 5.56 Å². The van der Waals surface area contributed by atoms with Gasteiger partial charge >= 0.3 is 0 Å². The molecule has 1 saturated heterocycles. The highest BCUT2D eigenvalue weighted by atomic mass is 16.2. The van der Waals surface area contributed by atoms with Crippen molar-refractivity contribution in [1.82, 2.24) is 4.90 Å². The van der Waals surface area contributed by atoms with E-state index in [9.17, 15) is 9.59 Å². The largest absolute Gasteiger partial charge is 0.343 e. The lowest BCUT2D eigenvalue weighted by Crippen LogP contribution is -2.42. The summed E-state index contributed by atoms with van der Waals surface area (Å²) < 4.78 is 0. The van der Waals surface area contributed by atoms with Crippen molar-refractivity contribution < 1.29 is 9.59 Å². The standard InChI is InChI=1S/C15H19NO2/c1-2-12-4-6-13(7-5-12)14(17)8-9-15(18)16-10-3-11-16/h4-7H,2-3,8-11H2,1H3. The fourth-order valence-corrected chi connectivity index (χ4v) is 2.01. The second kappa shape index (κ2) is 5.80. The number of benzene rings is 1. The molecule has 3 heteroatoms. The Morgan fingerprint density at radius 1 is 1.11 bits per heavy atom. The number of ketones is 1. The van der Waals surface area contributed by atoms with Crippen LogP contribution in [0.3, 0.4) is 0 Å². The monoisotopic (exact) mass is 245 g/mol. The number of hydrogen-bond acceptors (Lipinski definition) is 2. The second-order valence-electron chi connectivity index (χ2n) is 4.71. The number of amides is 1. The summed E-state index contributed by atoms with van der Waals surface area (Å²) in [7, 11) is 0. The first kappa shape index (κ1) is 12.8. The average Bonchev–Trinajstić information content (AvgIpc) is 2.34. The Balaban J connectivity index is 1.84. The van der Waals surface area contributed by atoms with Crippen LogP contribution < -0.4 is 0 Å². The normalized spacial score (nSPS) is 14.2. The Morgan fingerprint density at radius 2 is 1.78 bits per heavy atom. The van der Waals surface area contributed by atoms with Crippen LogP contribution in [0.4, 0.5) is 0 Å². The summed E-state index contributed by atoms with van der Waals surface area (Å²) in [6.07, 6.45) is 2.73. The lowest BCUT2D eigenvalue weighted by Gasteiger charge is -2.30. The number of hydrogen-bond donors (Lipinski definition) is 0. The molecule has 0 aromatic heterocycles. The zero-order valence-electron chi connectivity index (χ0n) is 10.8. The number of carbonyl (C=O) groups excluding carboxylic acids is 2. The third-order valence-electron chi connectivity index (χ3n) is 3.46. The van der Waals surface area contributed by atoms with Gasteiger partial charge in [-0.15, -0.1) is 0 Å². The van der Waals surface area contributed by atoms with Crippen LogP contribution in [0.5, 0.6) is 0 Å². The maximum Gasteiger partial charge on any atom is 0.223 e. The highest BCUT2D eigenvalue weighted by Gasteiger charge is 2.20. The molecular weight excluding hydrogens is 226 g/mol. The fraction of sp³-hybridized carbons (Fsp3) is 0.467. The van der Waals surface area contributed by atoms with Gasteiger partial charge < -0.3 is 4.90 Å². The van der Waals surface area contributed by atoms with Gasteiger partial charge in [0, 0.05) is 31.5 Å². The maximum absolute atomic E-state index is 11.9. The van der Waals surface area contributed by atoms with E-state index in [0.717, 1.165) is 25.9 Å². The van der Waals surface area contributed by atoms with Gasteiger partial charge in [-0.1, -0.05) is 31.2 Å². The van der Waals surface area contributed by atoms with Gasteiger partial charge in [0.05, 0.1) is 0 Å². The van der Waals surface area contributed by atoms with E-state index in [2.05, 4.69) is 6.92 Å². The Labute approximate surface area is 108 Å². The van der Waals surface area contributed by atoms with E-state index in [1.54, 1.807) is 0 Å². The topological polar surface area (TPSA) is 37.4 Å². The molecule has 1 fully saturated rings. The molecular formula is C15H19NO2. The number of aryl methyl sites for hydroxylation is 1. The van der Waals surface area contributed by atoms with Crippen LogP contribution in [0.15, 0.2) is 24.3 Å². The molecule has 1 heterocycles. The van der Waals surface area contributed by atoms with Crippen LogP contribution in [0, 0.1) is 0 Å². The fourth-order valence-electron chi connectivity index (χ4n) is 2.01. The van der Waals surface area contributed by atoms with Crippen molar-refractivity contribution in [3.63, 3.8) is 0 Å². The van der Waals surface area contributed by atoms with Gasteiger partial charge in [0.25, 0.3) is 0 Å². The van der Waals surface area contributed by atoms with Crippen molar-refractivity contribution >= 4 is 11.7 Å². The molecule has 0 bridgehead atoms. The van der Waals surface area contributed by atoms with E-state index >= 15 is 0 Å². The van der Waals surface area contributed by atoms with Crippen molar-refractivity contribution in [2.45, 2.75) is 32.6 Å². The molecule has 0 atom stereocenters. The minimum Gasteiger partial charge on any atom is -0.343 e. The van der Waals surface area contributed by atoms with Crippen molar-refractivity contribution in [3.05, 3.63) is 35.4 Å². The van der Waals surface area contributed by atoms with Gasteiger partial charge in [-0.25, -0.2) is 0 Å². The highest BCUT2D eigenvalue weighted by Crippen LogP contribution is 2.12. The Morgan fingerprint density at radius 3 is 2.28 bits per heavy atom. The molecule has 18 heavy (non-hydrogen) atoms. The van der Waals surface area contributed by atoms with Crippen LogP contribution in [0.25, 0.3) is 0 Å². The van der Waals surface area contributed by atoms with Crippen LogP contribution in [-0.2, 0) is 11.2 Å². The molecule has 0 N–H and O–H groups in total. The summed E-state index contributed by atoms with van der Waals surface area (Å²) in [5, 5.41) is 0. The van der Waals surface area contributed by atoms with Crippen molar-refractivity contribution in [2.75, 3.05) is 13.1 Å². The molecule has 96 valence electrons. The number of Topliss-reactive ketones (excluding diaryl/α,β-unsaturated/α-hetero) is 1. The molecule has 1 aromatic carbocycles. The van der Waals surface area contributed by atoms with Crippen LogP contribution >= 0.6 is 0 Å². The van der Waals surface area contributed by atoms with Gasteiger partial charge in [-0.2, -0.15) is 0 Å². The molecule has 3 nitrogen and oxygen atoms in total. The molecule has 0 unspecified atom stereocenters. The van der Waals surface area contributed by atoms with Crippen LogP contribution in [0.2, 0.25) is 0 Å². The number of carbonyl (C=O) groups is 2. The molecule has 0 aliphatic carbocycles. The molecule has 1 aliphatic rings. The van der Waals surface area contributed by atoms with Crippen molar-refractivity contribution in [3.8, 4) is 0 Å². The number of likely N-dealkylation sites (tertiary alicyclic amines) is 1. The molecule has 1 aliphatic heterocycles. The molecule has 1 amide bonds. The van der Waals surface area contributed by atoms with E-state index in [4.69, 9.17) is 0 Å². The molecule has 1 aromatic rings. The summed E-state index contributed by atoms with van der Waals surface area (Å²) in [5.74, 6) is 0.173. The quantitative estimate of drug-likeness (QED) is 0.747. The first-order valence-corrected chi connectivity index (χ1v) is 6.60. The molecule has 2 rings (SSSR count). The Kier molecular flexibility index (Phi) is 4.13. The number of rotatable bonds is 5. The summed E-state index contributed by atoms with van der Waals surface area (Å²) >= 11 is 0. The average molecular weight is 245 g/mol. The SMILES string of the molecule is CCc1ccc(C(=O)CCC(=O)N2CCC2)cc1. The van der Waals surface area contributed by atoms with Crippen molar-refractivity contribution in [2.24, 2.45) is 0 Å². The zero-order chi connectivity index (χ0) is 13.0. The van der Waals surface area contributed by atoms with E-state index in [0.29, 0.717) is 18.4 Å². The summed E-state index contributed by atoms with van der Waals surface area (Å²) in [6, 6.07) is 7.67. The minimum absolute atomic E-state index is 0.0616. The Hall–Kier alpha value is -1.64. The molecule has 0 spiro atoms.